The van der Waals surface area contributed by atoms with Crippen LogP contribution in [0.4, 0.5) is 4.39 Å². The van der Waals surface area contributed by atoms with Gasteiger partial charge in [-0.15, -0.1) is 12.4 Å². The molecule has 1 aromatic carbocycles. The fourth-order valence-corrected chi connectivity index (χ4v) is 4.50. The Morgan fingerprint density at radius 1 is 1.36 bits per heavy atom. The van der Waals surface area contributed by atoms with Gasteiger partial charge in [0.05, 0.1) is 5.02 Å². The van der Waals surface area contributed by atoms with Gasteiger partial charge in [0.1, 0.15) is 10.7 Å². The predicted molar refractivity (Wildman–Crippen MR) is 88.7 cm³/mol. The molecule has 0 radical (unpaired) electrons. The first kappa shape index (κ1) is 19.6. The van der Waals surface area contributed by atoms with Crippen LogP contribution in [0.3, 0.4) is 0 Å². The highest BCUT2D eigenvalue weighted by Crippen LogP contribution is 2.28. The van der Waals surface area contributed by atoms with E-state index in [4.69, 9.17) is 11.6 Å². The number of benzene rings is 1. The third-order valence-corrected chi connectivity index (χ3v) is 6.15. The SMILES string of the molecule is CCNCC1CCN(S(=O)(=O)c2ccc(F)cc2Cl)CC1.Cl. The first-order valence-corrected chi connectivity index (χ1v) is 8.93. The average Bonchev–Trinajstić information content (AvgIpc) is 2.45. The molecule has 0 aromatic heterocycles. The number of nitrogens with zero attached hydrogens (tertiary/aromatic N) is 1. The van der Waals surface area contributed by atoms with Crippen molar-refractivity contribution in [2.45, 2.75) is 24.7 Å². The van der Waals surface area contributed by atoms with Gasteiger partial charge >= 0.3 is 0 Å². The number of hydrogen-bond donors (Lipinski definition) is 1. The van der Waals surface area contributed by atoms with E-state index >= 15 is 0 Å². The van der Waals surface area contributed by atoms with Crippen LogP contribution in [0.1, 0.15) is 19.8 Å². The summed E-state index contributed by atoms with van der Waals surface area (Å²) in [6.07, 6.45) is 1.65. The minimum Gasteiger partial charge on any atom is -0.317 e. The summed E-state index contributed by atoms with van der Waals surface area (Å²) >= 11 is 5.87. The second-order valence-corrected chi connectivity index (χ2v) is 7.54. The summed E-state index contributed by atoms with van der Waals surface area (Å²) in [6.45, 7) is 4.85. The molecule has 1 fully saturated rings. The average molecular weight is 371 g/mol. The third kappa shape index (κ3) is 4.55. The van der Waals surface area contributed by atoms with E-state index in [9.17, 15) is 12.8 Å². The Balaban J connectivity index is 0.00000242. The molecule has 1 N–H and O–H groups in total. The van der Waals surface area contributed by atoms with Crippen molar-refractivity contribution in [3.05, 3.63) is 29.0 Å². The van der Waals surface area contributed by atoms with Crippen molar-refractivity contribution in [2.24, 2.45) is 5.92 Å². The number of nitrogens with one attached hydrogen (secondary N) is 1. The Labute approximate surface area is 142 Å². The number of piperidine rings is 1. The number of halogens is 3. The molecule has 0 unspecified atom stereocenters. The van der Waals surface area contributed by atoms with Crippen LogP contribution >= 0.6 is 24.0 Å². The van der Waals surface area contributed by atoms with Gasteiger partial charge in [-0.3, -0.25) is 0 Å². The van der Waals surface area contributed by atoms with E-state index in [0.717, 1.165) is 38.1 Å². The van der Waals surface area contributed by atoms with Crippen molar-refractivity contribution in [3.63, 3.8) is 0 Å². The Morgan fingerprint density at radius 2 is 2.00 bits per heavy atom. The monoisotopic (exact) mass is 370 g/mol. The smallest absolute Gasteiger partial charge is 0.244 e. The van der Waals surface area contributed by atoms with Gasteiger partial charge in [-0.25, -0.2) is 12.8 Å². The van der Waals surface area contributed by atoms with E-state index in [1.165, 1.54) is 10.4 Å². The summed E-state index contributed by atoms with van der Waals surface area (Å²) in [4.78, 5) is -0.0179. The second kappa shape index (κ2) is 8.45. The highest BCUT2D eigenvalue weighted by atomic mass is 35.5. The van der Waals surface area contributed by atoms with Crippen LogP contribution < -0.4 is 5.32 Å². The molecule has 1 aliphatic heterocycles. The summed E-state index contributed by atoms with van der Waals surface area (Å²) in [5.74, 6) is -0.0385. The van der Waals surface area contributed by atoms with Gasteiger partial charge in [0.15, 0.2) is 0 Å². The molecule has 0 saturated carbocycles. The first-order chi connectivity index (χ1) is 9.95. The van der Waals surface area contributed by atoms with Crippen LogP contribution in [0.25, 0.3) is 0 Å². The maximum Gasteiger partial charge on any atom is 0.244 e. The molecule has 1 aliphatic rings. The topological polar surface area (TPSA) is 49.4 Å². The number of sulfonamides is 1. The molecule has 126 valence electrons. The largest absolute Gasteiger partial charge is 0.317 e. The quantitative estimate of drug-likeness (QED) is 0.866. The number of hydrogen-bond acceptors (Lipinski definition) is 3. The van der Waals surface area contributed by atoms with Crippen molar-refractivity contribution >= 4 is 34.0 Å². The van der Waals surface area contributed by atoms with Gasteiger partial charge in [-0.05, 0) is 50.0 Å². The summed E-state index contributed by atoms with van der Waals surface area (Å²) in [5, 5.41) is 3.22. The Bertz CT molecular complexity index is 591. The Kier molecular flexibility index (Phi) is 7.55. The van der Waals surface area contributed by atoms with Crippen LogP contribution in [0.5, 0.6) is 0 Å². The summed E-state index contributed by atoms with van der Waals surface area (Å²) in [6, 6.07) is 3.39. The van der Waals surface area contributed by atoms with Crippen LogP contribution in [-0.2, 0) is 10.0 Å². The molecule has 0 bridgehead atoms. The molecule has 1 heterocycles. The molecule has 1 aromatic rings. The van der Waals surface area contributed by atoms with E-state index in [1.807, 2.05) is 0 Å². The molecule has 0 amide bonds. The normalized spacial score (nSPS) is 17.2. The van der Waals surface area contributed by atoms with Crippen molar-refractivity contribution < 1.29 is 12.8 Å². The zero-order valence-corrected chi connectivity index (χ0v) is 14.8. The highest BCUT2D eigenvalue weighted by Gasteiger charge is 2.30. The lowest BCUT2D eigenvalue weighted by Gasteiger charge is -2.31. The third-order valence-electron chi connectivity index (χ3n) is 3.77. The lowest BCUT2D eigenvalue weighted by molar-refractivity contribution is 0.268. The minimum atomic E-state index is -3.64. The van der Waals surface area contributed by atoms with E-state index in [1.54, 1.807) is 0 Å². The fraction of sp³-hybridized carbons (Fsp3) is 0.571. The molecular formula is C14H21Cl2FN2O2S. The molecular weight excluding hydrogens is 350 g/mol. The molecule has 2 rings (SSSR count). The summed E-state index contributed by atoms with van der Waals surface area (Å²) in [7, 11) is -3.64. The van der Waals surface area contributed by atoms with Gasteiger partial charge in [0.25, 0.3) is 0 Å². The molecule has 1 saturated heterocycles. The molecule has 22 heavy (non-hydrogen) atoms. The maximum absolute atomic E-state index is 13.0. The maximum atomic E-state index is 13.0. The zero-order valence-electron chi connectivity index (χ0n) is 12.4. The van der Waals surface area contributed by atoms with E-state index in [-0.39, 0.29) is 22.3 Å². The van der Waals surface area contributed by atoms with Gasteiger partial charge < -0.3 is 5.32 Å². The summed E-state index contributed by atoms with van der Waals surface area (Å²) in [5.41, 5.74) is 0. The second-order valence-electron chi connectivity index (χ2n) is 5.23. The van der Waals surface area contributed by atoms with Gasteiger partial charge in [0, 0.05) is 13.1 Å². The predicted octanol–water partition coefficient (Wildman–Crippen LogP) is 2.91. The fourth-order valence-electron chi connectivity index (χ4n) is 2.53. The highest BCUT2D eigenvalue weighted by molar-refractivity contribution is 7.89. The standard InChI is InChI=1S/C14H20ClFN2O2S.ClH/c1-2-17-10-11-5-7-18(8-6-11)21(19,20)14-4-3-12(16)9-13(14)15;/h3-4,9,11,17H,2,5-8,10H2,1H3;1H. The van der Waals surface area contributed by atoms with Crippen LogP contribution in [0, 0.1) is 11.7 Å². The minimum absolute atomic E-state index is 0. The molecule has 0 spiro atoms. The van der Waals surface area contributed by atoms with E-state index in [0.29, 0.717) is 19.0 Å². The zero-order chi connectivity index (χ0) is 15.5. The molecule has 4 nitrogen and oxygen atoms in total. The molecule has 8 heteroatoms. The van der Waals surface area contributed by atoms with Crippen molar-refractivity contribution in [2.75, 3.05) is 26.2 Å². The summed E-state index contributed by atoms with van der Waals surface area (Å²) < 4.78 is 39.6. The van der Waals surface area contributed by atoms with Gasteiger partial charge in [-0.1, -0.05) is 18.5 Å². The van der Waals surface area contributed by atoms with Crippen molar-refractivity contribution in [1.29, 1.82) is 0 Å². The van der Waals surface area contributed by atoms with Gasteiger partial charge in [0.2, 0.25) is 10.0 Å². The van der Waals surface area contributed by atoms with E-state index < -0.39 is 15.8 Å². The molecule has 0 atom stereocenters. The van der Waals surface area contributed by atoms with Crippen LogP contribution in [0.15, 0.2) is 23.1 Å². The first-order valence-electron chi connectivity index (χ1n) is 7.11. The van der Waals surface area contributed by atoms with Gasteiger partial charge in [-0.2, -0.15) is 4.31 Å². The Hall–Kier alpha value is -0.400. The molecule has 0 aliphatic carbocycles. The lowest BCUT2D eigenvalue weighted by Crippen LogP contribution is -2.40. The van der Waals surface area contributed by atoms with E-state index in [2.05, 4.69) is 12.2 Å². The number of rotatable bonds is 5. The Morgan fingerprint density at radius 3 is 2.55 bits per heavy atom. The van der Waals surface area contributed by atoms with Crippen LogP contribution in [-0.4, -0.2) is 38.9 Å². The lowest BCUT2D eigenvalue weighted by atomic mass is 9.98. The van der Waals surface area contributed by atoms with Crippen LogP contribution in [0.2, 0.25) is 5.02 Å². The van der Waals surface area contributed by atoms with Crippen molar-refractivity contribution in [3.8, 4) is 0 Å². The van der Waals surface area contributed by atoms with Crippen molar-refractivity contribution in [1.82, 2.24) is 9.62 Å².